The third-order valence-corrected chi connectivity index (χ3v) is 6.58. The van der Waals surface area contributed by atoms with Gasteiger partial charge >= 0.3 is 0 Å². The molecule has 4 rings (SSSR count). The number of hydrogen-bond donors (Lipinski definition) is 2. The van der Waals surface area contributed by atoms with Gasteiger partial charge in [-0.2, -0.15) is 0 Å². The summed E-state index contributed by atoms with van der Waals surface area (Å²) in [5.41, 5.74) is 1.32. The number of fused-ring (bicyclic) bond motifs is 3. The van der Waals surface area contributed by atoms with Crippen molar-refractivity contribution in [1.29, 1.82) is 0 Å². The van der Waals surface area contributed by atoms with Crippen LogP contribution in [-0.4, -0.2) is 16.0 Å². The van der Waals surface area contributed by atoms with Gasteiger partial charge in [-0.25, -0.2) is 4.98 Å². The van der Waals surface area contributed by atoms with Gasteiger partial charge in [0.1, 0.15) is 10.7 Å². The largest absolute Gasteiger partial charge is 0.309 e. The summed E-state index contributed by atoms with van der Waals surface area (Å²) in [5, 5.41) is 4.48. The van der Waals surface area contributed by atoms with E-state index in [-0.39, 0.29) is 11.6 Å². The van der Waals surface area contributed by atoms with Gasteiger partial charge in [-0.3, -0.25) is 4.79 Å². The van der Waals surface area contributed by atoms with E-state index in [1.165, 1.54) is 42.5 Å². The van der Waals surface area contributed by atoms with Crippen LogP contribution < -0.4 is 10.9 Å². The standard InChI is InChI=1S/C18H25N3OS/c1-10-7-8-13-14(9-10)23-18-15(13)17(22)20-16(21-18)11(2)19-12-5-3-4-6-12/h10-12,19H,3-9H2,1-2H3,(H,20,21,22)/t10-,11+/m0/s1. The van der Waals surface area contributed by atoms with E-state index >= 15 is 0 Å². The van der Waals surface area contributed by atoms with E-state index in [2.05, 4.69) is 24.1 Å². The monoisotopic (exact) mass is 331 g/mol. The van der Waals surface area contributed by atoms with Crippen LogP contribution >= 0.6 is 11.3 Å². The fraction of sp³-hybridized carbons (Fsp3) is 0.667. The Bertz CT molecular complexity index is 772. The Morgan fingerprint density at radius 1 is 1.30 bits per heavy atom. The van der Waals surface area contributed by atoms with Crippen LogP contribution in [0.3, 0.4) is 0 Å². The fourth-order valence-corrected chi connectivity index (χ4v) is 5.49. The lowest BCUT2D eigenvalue weighted by Crippen LogP contribution is -2.31. The van der Waals surface area contributed by atoms with E-state index in [9.17, 15) is 4.79 Å². The summed E-state index contributed by atoms with van der Waals surface area (Å²) in [5.74, 6) is 1.51. The van der Waals surface area contributed by atoms with Crippen molar-refractivity contribution in [1.82, 2.24) is 15.3 Å². The molecule has 2 aliphatic rings. The van der Waals surface area contributed by atoms with Crippen LogP contribution in [0.1, 0.15) is 68.3 Å². The van der Waals surface area contributed by atoms with Crippen LogP contribution in [0.2, 0.25) is 0 Å². The molecule has 124 valence electrons. The van der Waals surface area contributed by atoms with Crippen molar-refractivity contribution in [3.8, 4) is 0 Å². The van der Waals surface area contributed by atoms with E-state index in [0.717, 1.165) is 34.8 Å². The van der Waals surface area contributed by atoms with Crippen LogP contribution in [0, 0.1) is 5.92 Å². The van der Waals surface area contributed by atoms with E-state index < -0.39 is 0 Å². The maximum Gasteiger partial charge on any atom is 0.259 e. The lowest BCUT2D eigenvalue weighted by Gasteiger charge is -2.18. The highest BCUT2D eigenvalue weighted by Gasteiger charge is 2.24. The molecule has 0 saturated heterocycles. The summed E-state index contributed by atoms with van der Waals surface area (Å²) in [6, 6.07) is 0.677. The zero-order valence-corrected chi connectivity index (χ0v) is 14.8. The van der Waals surface area contributed by atoms with Crippen LogP contribution in [0.25, 0.3) is 10.2 Å². The molecule has 1 saturated carbocycles. The molecule has 2 heterocycles. The van der Waals surface area contributed by atoms with Gasteiger partial charge in [-0.05, 0) is 50.5 Å². The molecule has 23 heavy (non-hydrogen) atoms. The highest BCUT2D eigenvalue weighted by Crippen LogP contribution is 2.35. The number of thiophene rings is 1. The van der Waals surface area contributed by atoms with E-state index in [0.29, 0.717) is 6.04 Å². The Morgan fingerprint density at radius 3 is 2.87 bits per heavy atom. The smallest absolute Gasteiger partial charge is 0.259 e. The number of hydrogen-bond acceptors (Lipinski definition) is 4. The minimum atomic E-state index is 0.0529. The highest BCUT2D eigenvalue weighted by molar-refractivity contribution is 7.18. The Balaban J connectivity index is 1.68. The van der Waals surface area contributed by atoms with Crippen molar-refractivity contribution in [3.63, 3.8) is 0 Å². The van der Waals surface area contributed by atoms with Crippen molar-refractivity contribution in [2.75, 3.05) is 0 Å². The van der Waals surface area contributed by atoms with E-state index in [1.807, 2.05) is 0 Å². The molecular weight excluding hydrogens is 306 g/mol. The maximum atomic E-state index is 12.6. The van der Waals surface area contributed by atoms with Gasteiger partial charge in [0.25, 0.3) is 5.56 Å². The van der Waals surface area contributed by atoms with Gasteiger partial charge in [-0.15, -0.1) is 11.3 Å². The number of aromatic amines is 1. The lowest BCUT2D eigenvalue weighted by molar-refractivity contribution is 0.447. The van der Waals surface area contributed by atoms with E-state index in [1.54, 1.807) is 11.3 Å². The average Bonchev–Trinajstić information content (AvgIpc) is 3.13. The first-order valence-corrected chi connectivity index (χ1v) is 9.74. The van der Waals surface area contributed by atoms with Crippen LogP contribution in [-0.2, 0) is 12.8 Å². The number of aryl methyl sites for hydroxylation is 1. The molecule has 2 aliphatic carbocycles. The molecule has 1 fully saturated rings. The Kier molecular flexibility index (Phi) is 4.01. The highest BCUT2D eigenvalue weighted by atomic mass is 32.1. The van der Waals surface area contributed by atoms with Crippen LogP contribution in [0.4, 0.5) is 0 Å². The predicted molar refractivity (Wildman–Crippen MR) is 95.2 cm³/mol. The summed E-state index contributed by atoms with van der Waals surface area (Å²) >= 11 is 1.73. The van der Waals surface area contributed by atoms with Gasteiger partial charge in [0.2, 0.25) is 0 Å². The Hall–Kier alpha value is -1.20. The topological polar surface area (TPSA) is 57.8 Å². The maximum absolute atomic E-state index is 12.6. The first-order chi connectivity index (χ1) is 11.1. The van der Waals surface area contributed by atoms with Crippen molar-refractivity contribution < 1.29 is 0 Å². The minimum Gasteiger partial charge on any atom is -0.309 e. The van der Waals surface area contributed by atoms with Gasteiger partial charge in [0.15, 0.2) is 0 Å². The van der Waals surface area contributed by atoms with Crippen LogP contribution in [0.15, 0.2) is 4.79 Å². The predicted octanol–water partition coefficient (Wildman–Crippen LogP) is 3.70. The van der Waals surface area contributed by atoms with Gasteiger partial charge in [0.05, 0.1) is 11.4 Å². The minimum absolute atomic E-state index is 0.0529. The molecule has 4 nitrogen and oxygen atoms in total. The molecular formula is C18H25N3OS. The molecule has 0 radical (unpaired) electrons. The number of aromatic nitrogens is 2. The summed E-state index contributed by atoms with van der Waals surface area (Å²) in [6.07, 6.45) is 8.40. The quantitative estimate of drug-likeness (QED) is 0.901. The molecule has 0 unspecified atom stereocenters. The zero-order valence-electron chi connectivity index (χ0n) is 13.9. The fourth-order valence-electron chi connectivity index (χ4n) is 4.10. The molecule has 0 aromatic carbocycles. The second kappa shape index (κ2) is 6.02. The SMILES string of the molecule is C[C@H]1CCc2c(sc3nc([C@@H](C)NC4CCCC4)[nH]c(=O)c23)C1. The van der Waals surface area contributed by atoms with E-state index in [4.69, 9.17) is 4.98 Å². The summed E-state index contributed by atoms with van der Waals surface area (Å²) in [4.78, 5) is 22.8. The van der Waals surface area contributed by atoms with Crippen LogP contribution in [0.5, 0.6) is 0 Å². The summed E-state index contributed by atoms with van der Waals surface area (Å²) < 4.78 is 0. The lowest BCUT2D eigenvalue weighted by atomic mass is 9.89. The molecule has 5 heteroatoms. The second-order valence-corrected chi connectivity index (χ2v) is 8.44. The average molecular weight is 331 g/mol. The molecule has 2 atom stereocenters. The van der Waals surface area contributed by atoms with Gasteiger partial charge in [0, 0.05) is 10.9 Å². The first-order valence-electron chi connectivity index (χ1n) is 8.92. The third kappa shape index (κ3) is 2.85. The second-order valence-electron chi connectivity index (χ2n) is 7.35. The summed E-state index contributed by atoms with van der Waals surface area (Å²) in [7, 11) is 0. The van der Waals surface area contributed by atoms with Gasteiger partial charge < -0.3 is 10.3 Å². The molecule has 0 bridgehead atoms. The Morgan fingerprint density at radius 2 is 2.09 bits per heavy atom. The third-order valence-electron chi connectivity index (χ3n) is 5.43. The zero-order chi connectivity index (χ0) is 16.0. The molecule has 2 N–H and O–H groups in total. The first kappa shape index (κ1) is 15.3. The van der Waals surface area contributed by atoms with Crippen molar-refractivity contribution in [2.45, 2.75) is 70.9 Å². The summed E-state index contributed by atoms with van der Waals surface area (Å²) in [6.45, 7) is 4.40. The molecule has 0 amide bonds. The number of H-pyrrole nitrogens is 1. The molecule has 2 aromatic heterocycles. The number of nitrogens with one attached hydrogen (secondary N) is 2. The molecule has 0 spiro atoms. The van der Waals surface area contributed by atoms with Crippen molar-refractivity contribution in [3.05, 3.63) is 26.6 Å². The normalized spacial score (nSPS) is 23.3. The van der Waals surface area contributed by atoms with Crippen molar-refractivity contribution >= 4 is 21.6 Å². The molecule has 0 aliphatic heterocycles. The van der Waals surface area contributed by atoms with Crippen molar-refractivity contribution in [2.24, 2.45) is 5.92 Å². The van der Waals surface area contributed by atoms with Gasteiger partial charge in [-0.1, -0.05) is 19.8 Å². The Labute approximate surface area is 140 Å². The number of rotatable bonds is 3. The molecule has 2 aromatic rings. The number of nitrogens with zero attached hydrogens (tertiary/aromatic N) is 1.